The number of aromatic nitrogens is 1. The Bertz CT molecular complexity index is 1350. The highest BCUT2D eigenvalue weighted by atomic mass is 35.5. The van der Waals surface area contributed by atoms with Gasteiger partial charge in [0, 0.05) is 36.1 Å². The van der Waals surface area contributed by atoms with Gasteiger partial charge in [0.1, 0.15) is 0 Å². The summed E-state index contributed by atoms with van der Waals surface area (Å²) in [6, 6.07) is 6.78. The van der Waals surface area contributed by atoms with Crippen LogP contribution < -0.4 is 42.2 Å². The van der Waals surface area contributed by atoms with Crippen LogP contribution in [0.2, 0.25) is 0 Å². The Morgan fingerprint density at radius 3 is 1.89 bits per heavy atom. The van der Waals surface area contributed by atoms with Crippen molar-refractivity contribution in [2.24, 2.45) is 0 Å². The first-order valence-electron chi connectivity index (χ1n) is 12.1. The molecule has 1 heterocycles. The average molecular weight is 533 g/mol. The van der Waals surface area contributed by atoms with E-state index in [9.17, 15) is 9.59 Å². The van der Waals surface area contributed by atoms with Crippen LogP contribution >= 0.6 is 0 Å². The van der Waals surface area contributed by atoms with E-state index < -0.39 is 0 Å². The molecule has 1 aliphatic rings. The molecule has 0 spiro atoms. The molecule has 9 nitrogen and oxygen atoms in total. The maximum Gasteiger partial charge on any atom is 0.259 e. The minimum absolute atomic E-state index is 0. The molecule has 2 aromatic carbocycles. The number of ether oxygens (including phenoxy) is 4. The Hall–Kier alpha value is -3.27. The maximum atomic E-state index is 13.8. The van der Waals surface area contributed by atoms with E-state index in [-0.39, 0.29) is 30.4 Å². The van der Waals surface area contributed by atoms with Gasteiger partial charge in [0.15, 0.2) is 28.8 Å². The molecule has 1 aliphatic carbocycles. The van der Waals surface area contributed by atoms with Crippen molar-refractivity contribution in [2.45, 2.75) is 25.8 Å². The predicted molar refractivity (Wildman–Crippen MR) is 136 cm³/mol. The zero-order chi connectivity index (χ0) is 25.8. The lowest BCUT2D eigenvalue weighted by Gasteiger charge is -2.17. The van der Waals surface area contributed by atoms with Crippen molar-refractivity contribution in [3.05, 3.63) is 45.7 Å². The van der Waals surface area contributed by atoms with Crippen LogP contribution in [0.25, 0.3) is 22.0 Å². The Morgan fingerprint density at radius 1 is 0.757 bits per heavy atom. The van der Waals surface area contributed by atoms with E-state index in [0.29, 0.717) is 62.7 Å². The summed E-state index contributed by atoms with van der Waals surface area (Å²) >= 11 is 0. The number of benzene rings is 2. The molecular formula is C27H33ClN2O7. The van der Waals surface area contributed by atoms with E-state index in [4.69, 9.17) is 24.1 Å². The number of unbranched alkanes of at least 4 members (excludes halogenated alkanes) is 1. The number of carbonyl (C=O) groups is 1. The number of quaternary nitrogens is 1. The molecule has 0 radical (unpaired) electrons. The molecule has 4 rings (SSSR count). The summed E-state index contributed by atoms with van der Waals surface area (Å²) in [5.41, 5.74) is 1.96. The molecule has 3 aromatic rings. The van der Waals surface area contributed by atoms with Gasteiger partial charge in [-0.3, -0.25) is 9.59 Å². The molecule has 0 bridgehead atoms. The zero-order valence-electron chi connectivity index (χ0n) is 21.6. The summed E-state index contributed by atoms with van der Waals surface area (Å²) in [7, 11) is 6.10. The van der Waals surface area contributed by atoms with Crippen LogP contribution in [0.5, 0.6) is 23.0 Å². The lowest BCUT2D eigenvalue weighted by molar-refractivity contribution is -0.655. The summed E-state index contributed by atoms with van der Waals surface area (Å²) in [6.45, 7) is 2.38. The Kier molecular flexibility index (Phi) is 9.42. The molecule has 10 heteroatoms. The highest BCUT2D eigenvalue weighted by Crippen LogP contribution is 2.45. The summed E-state index contributed by atoms with van der Waals surface area (Å²) in [5.74, 6) is 1.63. The van der Waals surface area contributed by atoms with Gasteiger partial charge < -0.3 is 46.3 Å². The van der Waals surface area contributed by atoms with E-state index >= 15 is 0 Å². The smallest absolute Gasteiger partial charge is 0.259 e. The number of nitrogens with zero attached hydrogens (tertiary/aromatic N) is 1. The fourth-order valence-electron chi connectivity index (χ4n) is 4.83. The third-order valence-electron chi connectivity index (χ3n) is 6.63. The minimum atomic E-state index is -0.194. The first-order valence-corrected chi connectivity index (χ1v) is 12.1. The number of methoxy groups -OCH3 is 4. The van der Waals surface area contributed by atoms with Gasteiger partial charge >= 0.3 is 0 Å². The van der Waals surface area contributed by atoms with Gasteiger partial charge in [-0.1, -0.05) is 0 Å². The van der Waals surface area contributed by atoms with E-state index in [0.717, 1.165) is 32.4 Å². The van der Waals surface area contributed by atoms with Crippen molar-refractivity contribution in [3.8, 4) is 34.3 Å². The second kappa shape index (κ2) is 12.3. The van der Waals surface area contributed by atoms with Gasteiger partial charge in [-0.15, -0.1) is 0 Å². The van der Waals surface area contributed by atoms with Crippen molar-refractivity contribution in [1.82, 2.24) is 4.57 Å². The third-order valence-corrected chi connectivity index (χ3v) is 6.63. The fraction of sp³-hybridized carbons (Fsp3) is 0.407. The van der Waals surface area contributed by atoms with E-state index in [1.165, 1.54) is 21.3 Å². The number of halogens is 1. The molecule has 0 saturated heterocycles. The molecule has 0 aliphatic heterocycles. The van der Waals surface area contributed by atoms with Crippen LogP contribution in [0.4, 0.5) is 0 Å². The first kappa shape index (κ1) is 28.3. The Balaban J connectivity index is 0.00000380. The SMILES string of the molecule is COc1cc2c(cc1OC)-c1c(c3cc(OC)c(OC)cc3c(=O)n1CCC[NH2+]CCCCO)C2=O.[Cl-]. The topological polar surface area (TPSA) is 113 Å². The van der Waals surface area contributed by atoms with Crippen LogP contribution in [0.15, 0.2) is 29.1 Å². The number of ketones is 1. The number of aliphatic hydroxyl groups excluding tert-OH is 1. The van der Waals surface area contributed by atoms with E-state index in [2.05, 4.69) is 5.32 Å². The molecular weight excluding hydrogens is 500 g/mol. The van der Waals surface area contributed by atoms with Gasteiger partial charge in [-0.05, 0) is 37.1 Å². The number of carbonyl (C=O) groups excluding carboxylic acids is 1. The second-order valence-corrected chi connectivity index (χ2v) is 8.67. The summed E-state index contributed by atoms with van der Waals surface area (Å²) < 4.78 is 23.5. The van der Waals surface area contributed by atoms with Crippen LogP contribution in [0.3, 0.4) is 0 Å². The van der Waals surface area contributed by atoms with Crippen molar-refractivity contribution in [3.63, 3.8) is 0 Å². The molecule has 37 heavy (non-hydrogen) atoms. The molecule has 0 unspecified atom stereocenters. The number of hydrogen-bond donors (Lipinski definition) is 2. The molecule has 0 fully saturated rings. The molecule has 0 atom stereocenters. The number of rotatable bonds is 12. The maximum absolute atomic E-state index is 13.8. The molecule has 0 amide bonds. The number of nitrogens with two attached hydrogens (primary N) is 1. The predicted octanol–water partition coefficient (Wildman–Crippen LogP) is -1.02. The highest BCUT2D eigenvalue weighted by Gasteiger charge is 2.35. The summed E-state index contributed by atoms with van der Waals surface area (Å²) in [5, 5.41) is 12.1. The number of pyridine rings is 1. The molecule has 0 saturated carbocycles. The fourth-order valence-corrected chi connectivity index (χ4v) is 4.83. The average Bonchev–Trinajstić information content (AvgIpc) is 3.19. The van der Waals surface area contributed by atoms with Gasteiger partial charge in [-0.2, -0.15) is 0 Å². The van der Waals surface area contributed by atoms with Gasteiger partial charge in [0.25, 0.3) is 5.56 Å². The van der Waals surface area contributed by atoms with Crippen LogP contribution in [-0.4, -0.2) is 63.6 Å². The molecule has 1 aromatic heterocycles. The summed E-state index contributed by atoms with van der Waals surface area (Å²) in [4.78, 5) is 27.6. The number of hydrogen-bond acceptors (Lipinski definition) is 7. The standard InChI is InChI=1S/C27H32N2O7.ClH/c1-33-20-12-16-19(15-23(20)36-4)27(32)29(10-7-9-28-8-5-6-11-30)25-17-13-21(34-2)22(35-3)14-18(17)26(31)24(16)25;/h12-15,28,30H,5-11H2,1-4H3;1H. The monoisotopic (exact) mass is 532 g/mol. The largest absolute Gasteiger partial charge is 1.00 e. The second-order valence-electron chi connectivity index (χ2n) is 8.67. The van der Waals surface area contributed by atoms with Crippen LogP contribution in [-0.2, 0) is 6.54 Å². The first-order chi connectivity index (χ1) is 17.5. The van der Waals surface area contributed by atoms with Crippen LogP contribution in [0.1, 0.15) is 35.2 Å². The quantitative estimate of drug-likeness (QED) is 0.225. The zero-order valence-corrected chi connectivity index (χ0v) is 22.3. The summed E-state index contributed by atoms with van der Waals surface area (Å²) in [6.07, 6.45) is 2.46. The molecule has 200 valence electrons. The van der Waals surface area contributed by atoms with Crippen molar-refractivity contribution < 1.29 is 46.6 Å². The molecule has 3 N–H and O–H groups in total. The van der Waals surface area contributed by atoms with Crippen molar-refractivity contribution in [1.29, 1.82) is 0 Å². The number of fused-ring (bicyclic) bond motifs is 5. The number of aliphatic hydroxyl groups is 1. The Morgan fingerprint density at radius 2 is 1.30 bits per heavy atom. The highest BCUT2D eigenvalue weighted by molar-refractivity contribution is 6.27. The lowest BCUT2D eigenvalue weighted by Crippen LogP contribution is -3.00. The van der Waals surface area contributed by atoms with Crippen molar-refractivity contribution in [2.75, 3.05) is 48.1 Å². The Labute approximate surface area is 221 Å². The third kappa shape index (κ3) is 5.12. The van der Waals surface area contributed by atoms with E-state index in [1.807, 2.05) is 0 Å². The van der Waals surface area contributed by atoms with E-state index in [1.54, 1.807) is 35.9 Å². The van der Waals surface area contributed by atoms with Gasteiger partial charge in [0.2, 0.25) is 0 Å². The minimum Gasteiger partial charge on any atom is -1.00 e. The lowest BCUT2D eigenvalue weighted by atomic mass is 10.0. The van der Waals surface area contributed by atoms with Crippen molar-refractivity contribution >= 4 is 16.6 Å². The normalized spacial score (nSPS) is 11.6. The van der Waals surface area contributed by atoms with Gasteiger partial charge in [0.05, 0.1) is 58.2 Å². The van der Waals surface area contributed by atoms with Gasteiger partial charge in [-0.25, -0.2) is 0 Å². The van der Waals surface area contributed by atoms with Crippen LogP contribution in [0, 0.1) is 0 Å².